The smallest absolute Gasteiger partial charge is 0.0700 e. The third-order valence-corrected chi connectivity index (χ3v) is 1.24. The van der Waals surface area contributed by atoms with Crippen LogP contribution in [0.15, 0.2) is 0 Å². The van der Waals surface area contributed by atoms with Gasteiger partial charge in [-0.05, 0) is 6.42 Å². The minimum absolute atomic E-state index is 0.0878. The number of rotatable bonds is 9. The lowest BCUT2D eigenvalue weighted by atomic mass is 10.5. The van der Waals surface area contributed by atoms with E-state index in [1.807, 2.05) is 0 Å². The van der Waals surface area contributed by atoms with Crippen LogP contribution >= 0.6 is 0 Å². The topological polar surface area (TPSA) is 47.9 Å². The molecule has 0 heterocycles. The maximum Gasteiger partial charge on any atom is 0.0700 e. The Hall–Kier alpha value is -0.160. The highest BCUT2D eigenvalue weighted by molar-refractivity contribution is 4.35. The molecule has 0 aliphatic carbocycles. The molecule has 0 amide bonds. The number of aliphatic hydroxyl groups is 1. The van der Waals surface area contributed by atoms with Crippen LogP contribution in [0, 0.1) is 0 Å². The minimum Gasteiger partial charge on any atom is -0.394 e. The van der Waals surface area contributed by atoms with Gasteiger partial charge in [0.05, 0.1) is 26.4 Å². The van der Waals surface area contributed by atoms with Gasteiger partial charge in [0, 0.05) is 20.3 Å². The summed E-state index contributed by atoms with van der Waals surface area (Å²) in [5, 5.41) is 8.37. The molecule has 12 heavy (non-hydrogen) atoms. The fourth-order valence-electron chi connectivity index (χ4n) is 0.674. The van der Waals surface area contributed by atoms with E-state index in [1.165, 1.54) is 0 Å². The van der Waals surface area contributed by atoms with E-state index in [2.05, 4.69) is 0 Å². The molecule has 0 fully saturated rings. The van der Waals surface area contributed by atoms with Gasteiger partial charge in [-0.3, -0.25) is 0 Å². The van der Waals surface area contributed by atoms with Crippen molar-refractivity contribution in [2.45, 2.75) is 6.42 Å². The van der Waals surface area contributed by atoms with E-state index < -0.39 is 0 Å². The Morgan fingerprint density at radius 2 is 1.58 bits per heavy atom. The van der Waals surface area contributed by atoms with Crippen LogP contribution in [0.3, 0.4) is 0 Å². The molecule has 0 aromatic heterocycles. The summed E-state index contributed by atoms with van der Waals surface area (Å²) in [5.41, 5.74) is 0. The van der Waals surface area contributed by atoms with Gasteiger partial charge in [0.2, 0.25) is 0 Å². The Morgan fingerprint density at radius 1 is 0.917 bits per heavy atom. The number of ether oxygens (including phenoxy) is 3. The molecule has 74 valence electrons. The second-order valence-corrected chi connectivity index (χ2v) is 2.29. The lowest BCUT2D eigenvalue weighted by Gasteiger charge is -2.03. The zero-order chi connectivity index (χ0) is 9.07. The minimum atomic E-state index is 0.0878. The highest BCUT2D eigenvalue weighted by Gasteiger charge is 1.89. The second kappa shape index (κ2) is 10.8. The predicted octanol–water partition coefficient (Wildman–Crippen LogP) is 0.0484. The van der Waals surface area contributed by atoms with Crippen LogP contribution in [-0.4, -0.2) is 51.9 Å². The van der Waals surface area contributed by atoms with Crippen molar-refractivity contribution in [3.63, 3.8) is 0 Å². The molecule has 0 aliphatic heterocycles. The Bertz CT molecular complexity index is 67.5. The van der Waals surface area contributed by atoms with Crippen LogP contribution in [-0.2, 0) is 14.2 Å². The molecule has 0 rings (SSSR count). The van der Waals surface area contributed by atoms with E-state index in [1.54, 1.807) is 7.11 Å². The summed E-state index contributed by atoms with van der Waals surface area (Å²) < 4.78 is 15.0. The van der Waals surface area contributed by atoms with Crippen molar-refractivity contribution in [1.29, 1.82) is 0 Å². The first kappa shape index (κ1) is 11.8. The molecular formula is C8H18O4. The quantitative estimate of drug-likeness (QED) is 0.507. The molecule has 0 bridgehead atoms. The van der Waals surface area contributed by atoms with Crippen LogP contribution < -0.4 is 0 Å². The Labute approximate surface area is 73.4 Å². The molecule has 4 nitrogen and oxygen atoms in total. The average Bonchev–Trinajstić information content (AvgIpc) is 2.10. The van der Waals surface area contributed by atoms with Crippen molar-refractivity contribution < 1.29 is 19.3 Å². The van der Waals surface area contributed by atoms with Crippen LogP contribution in [0.25, 0.3) is 0 Å². The van der Waals surface area contributed by atoms with E-state index in [4.69, 9.17) is 19.3 Å². The number of aliphatic hydroxyl groups excluding tert-OH is 1. The summed E-state index contributed by atoms with van der Waals surface area (Å²) in [5.74, 6) is 0. The fourth-order valence-corrected chi connectivity index (χ4v) is 0.674. The third kappa shape index (κ3) is 9.84. The van der Waals surface area contributed by atoms with Gasteiger partial charge < -0.3 is 19.3 Å². The number of methoxy groups -OCH3 is 1. The van der Waals surface area contributed by atoms with E-state index in [9.17, 15) is 0 Å². The molecule has 0 atom stereocenters. The van der Waals surface area contributed by atoms with Crippen molar-refractivity contribution in [2.24, 2.45) is 0 Å². The summed E-state index contributed by atoms with van der Waals surface area (Å²) in [4.78, 5) is 0. The first-order valence-electron chi connectivity index (χ1n) is 4.17. The Morgan fingerprint density at radius 3 is 2.17 bits per heavy atom. The molecule has 0 saturated carbocycles. The van der Waals surface area contributed by atoms with Gasteiger partial charge in [0.15, 0.2) is 0 Å². The molecule has 1 N–H and O–H groups in total. The van der Waals surface area contributed by atoms with Crippen LogP contribution in [0.1, 0.15) is 6.42 Å². The van der Waals surface area contributed by atoms with Crippen molar-refractivity contribution in [3.8, 4) is 0 Å². The molecule has 0 aromatic carbocycles. The lowest BCUT2D eigenvalue weighted by Crippen LogP contribution is -2.07. The van der Waals surface area contributed by atoms with Crippen LogP contribution in [0.4, 0.5) is 0 Å². The Kier molecular flexibility index (Phi) is 10.7. The summed E-state index contributed by atoms with van der Waals surface area (Å²) in [6.07, 6.45) is 0.865. The maximum absolute atomic E-state index is 8.37. The first-order valence-corrected chi connectivity index (χ1v) is 4.17. The standard InChI is InChI=1S/C8H18O4/c1-10-7-8-12-5-2-4-11-6-3-9/h9H,2-8H2,1H3. The monoisotopic (exact) mass is 178 g/mol. The van der Waals surface area contributed by atoms with Gasteiger partial charge in [-0.15, -0.1) is 0 Å². The molecule has 0 spiro atoms. The summed E-state index contributed by atoms with van der Waals surface area (Å²) in [7, 11) is 1.65. The van der Waals surface area contributed by atoms with Crippen molar-refractivity contribution in [2.75, 3.05) is 46.8 Å². The summed E-state index contributed by atoms with van der Waals surface area (Å²) >= 11 is 0. The van der Waals surface area contributed by atoms with E-state index in [-0.39, 0.29) is 6.61 Å². The SMILES string of the molecule is COCCOCCCOCCO. The lowest BCUT2D eigenvalue weighted by molar-refractivity contribution is 0.0439. The maximum atomic E-state index is 8.37. The zero-order valence-corrected chi connectivity index (χ0v) is 7.62. The van der Waals surface area contributed by atoms with Gasteiger partial charge in [-0.25, -0.2) is 0 Å². The normalized spacial score (nSPS) is 10.5. The third-order valence-electron chi connectivity index (χ3n) is 1.24. The second-order valence-electron chi connectivity index (χ2n) is 2.29. The van der Waals surface area contributed by atoms with E-state index in [0.29, 0.717) is 33.0 Å². The summed E-state index contributed by atoms with van der Waals surface area (Å²) in [6.45, 7) is 3.11. The molecule has 0 saturated heterocycles. The molecule has 0 radical (unpaired) electrons. The number of hydrogen-bond donors (Lipinski definition) is 1. The van der Waals surface area contributed by atoms with Gasteiger partial charge in [-0.2, -0.15) is 0 Å². The van der Waals surface area contributed by atoms with E-state index in [0.717, 1.165) is 6.42 Å². The van der Waals surface area contributed by atoms with E-state index >= 15 is 0 Å². The van der Waals surface area contributed by atoms with Gasteiger partial charge >= 0.3 is 0 Å². The summed E-state index contributed by atoms with van der Waals surface area (Å²) in [6, 6.07) is 0. The molecule has 0 aliphatic rings. The largest absolute Gasteiger partial charge is 0.394 e. The van der Waals surface area contributed by atoms with Crippen molar-refractivity contribution >= 4 is 0 Å². The number of hydrogen-bond acceptors (Lipinski definition) is 4. The molecule has 0 unspecified atom stereocenters. The zero-order valence-electron chi connectivity index (χ0n) is 7.62. The van der Waals surface area contributed by atoms with Gasteiger partial charge in [0.25, 0.3) is 0 Å². The predicted molar refractivity (Wildman–Crippen MR) is 45.2 cm³/mol. The average molecular weight is 178 g/mol. The van der Waals surface area contributed by atoms with Crippen LogP contribution in [0.5, 0.6) is 0 Å². The highest BCUT2D eigenvalue weighted by atomic mass is 16.5. The molecule has 4 heteroatoms. The highest BCUT2D eigenvalue weighted by Crippen LogP contribution is 1.84. The van der Waals surface area contributed by atoms with Crippen LogP contribution in [0.2, 0.25) is 0 Å². The first-order chi connectivity index (χ1) is 5.91. The van der Waals surface area contributed by atoms with Crippen molar-refractivity contribution in [1.82, 2.24) is 0 Å². The van der Waals surface area contributed by atoms with Crippen molar-refractivity contribution in [3.05, 3.63) is 0 Å². The molecular weight excluding hydrogens is 160 g/mol. The molecule has 0 aromatic rings. The van der Waals surface area contributed by atoms with Gasteiger partial charge in [-0.1, -0.05) is 0 Å². The van der Waals surface area contributed by atoms with Gasteiger partial charge in [0.1, 0.15) is 0 Å². The Balaban J connectivity index is 2.73. The fraction of sp³-hybridized carbons (Fsp3) is 1.00.